The van der Waals surface area contributed by atoms with Gasteiger partial charge in [-0.2, -0.15) is 0 Å². The van der Waals surface area contributed by atoms with Crippen LogP contribution in [0.1, 0.15) is 40.0 Å². The van der Waals surface area contributed by atoms with Crippen LogP contribution in [0.4, 0.5) is 0 Å². The van der Waals surface area contributed by atoms with Crippen LogP contribution in [0.2, 0.25) is 0 Å². The zero-order chi connectivity index (χ0) is 10.7. The molecule has 0 aliphatic heterocycles. The minimum atomic E-state index is -0.387. The maximum atomic E-state index is 11.4. The molecule has 0 spiro atoms. The fourth-order valence-corrected chi connectivity index (χ4v) is 2.19. The van der Waals surface area contributed by atoms with E-state index in [4.69, 9.17) is 5.73 Å². The standard InChI is InChI=1S/C11H22N2O/c1-7-4-5-10(8(2)6-7)13-11(14)9(3)12/h7-10H,4-6,12H2,1-3H3,(H,13,14)/t7?,8?,9-,10?/m0/s1. The maximum absolute atomic E-state index is 11.4. The molecule has 0 radical (unpaired) electrons. The summed E-state index contributed by atoms with van der Waals surface area (Å²) in [6, 6.07) is -0.0498. The minimum absolute atomic E-state index is 0.0172. The third kappa shape index (κ3) is 2.98. The lowest BCUT2D eigenvalue weighted by molar-refractivity contribution is -0.123. The van der Waals surface area contributed by atoms with Crippen LogP contribution in [0.25, 0.3) is 0 Å². The van der Waals surface area contributed by atoms with Gasteiger partial charge >= 0.3 is 0 Å². The van der Waals surface area contributed by atoms with Crippen molar-refractivity contribution in [3.05, 3.63) is 0 Å². The lowest BCUT2D eigenvalue weighted by atomic mass is 9.80. The first kappa shape index (κ1) is 11.5. The van der Waals surface area contributed by atoms with E-state index in [0.717, 1.165) is 12.3 Å². The summed E-state index contributed by atoms with van der Waals surface area (Å²) in [4.78, 5) is 11.4. The number of carbonyl (C=O) groups is 1. The summed E-state index contributed by atoms with van der Waals surface area (Å²) in [5.41, 5.74) is 5.51. The zero-order valence-corrected chi connectivity index (χ0v) is 9.42. The molecule has 1 rings (SSSR count). The van der Waals surface area contributed by atoms with Gasteiger partial charge in [-0.25, -0.2) is 0 Å². The molecule has 1 amide bonds. The van der Waals surface area contributed by atoms with Crippen molar-refractivity contribution in [2.45, 2.75) is 52.1 Å². The highest BCUT2D eigenvalue weighted by Gasteiger charge is 2.26. The molecule has 1 saturated carbocycles. The Morgan fingerprint density at radius 1 is 1.43 bits per heavy atom. The largest absolute Gasteiger partial charge is 0.352 e. The van der Waals surface area contributed by atoms with Crippen LogP contribution in [0.5, 0.6) is 0 Å². The second-order valence-corrected chi connectivity index (χ2v) is 4.80. The number of nitrogens with two attached hydrogens (primary N) is 1. The molecule has 1 aliphatic rings. The summed E-state index contributed by atoms with van der Waals surface area (Å²) in [5.74, 6) is 1.37. The van der Waals surface area contributed by atoms with Crippen molar-refractivity contribution in [3.63, 3.8) is 0 Å². The van der Waals surface area contributed by atoms with Crippen molar-refractivity contribution in [1.29, 1.82) is 0 Å². The molecule has 0 aromatic heterocycles. The molecule has 0 bridgehead atoms. The lowest BCUT2D eigenvalue weighted by Gasteiger charge is -2.33. The van der Waals surface area contributed by atoms with Gasteiger partial charge in [-0.05, 0) is 38.0 Å². The molecule has 82 valence electrons. The van der Waals surface area contributed by atoms with Crippen LogP contribution in [-0.2, 0) is 4.79 Å². The summed E-state index contributed by atoms with van der Waals surface area (Å²) in [5, 5.41) is 3.02. The average Bonchev–Trinajstić information content (AvgIpc) is 2.09. The topological polar surface area (TPSA) is 55.1 Å². The smallest absolute Gasteiger partial charge is 0.236 e. The van der Waals surface area contributed by atoms with E-state index in [1.165, 1.54) is 12.8 Å². The number of amides is 1. The Balaban J connectivity index is 2.41. The Hall–Kier alpha value is -0.570. The Kier molecular flexibility index (Phi) is 3.93. The Morgan fingerprint density at radius 3 is 2.57 bits per heavy atom. The highest BCUT2D eigenvalue weighted by molar-refractivity contribution is 5.81. The molecule has 3 N–H and O–H groups in total. The third-order valence-electron chi connectivity index (χ3n) is 3.17. The van der Waals surface area contributed by atoms with E-state index >= 15 is 0 Å². The fraction of sp³-hybridized carbons (Fsp3) is 0.909. The monoisotopic (exact) mass is 198 g/mol. The molecular weight excluding hydrogens is 176 g/mol. The molecule has 0 saturated heterocycles. The number of carbonyl (C=O) groups excluding carboxylic acids is 1. The van der Waals surface area contributed by atoms with Gasteiger partial charge in [-0.1, -0.05) is 13.8 Å². The average molecular weight is 198 g/mol. The van der Waals surface area contributed by atoms with Gasteiger partial charge in [-0.15, -0.1) is 0 Å². The van der Waals surface area contributed by atoms with Crippen LogP contribution in [0.3, 0.4) is 0 Å². The molecule has 3 nitrogen and oxygen atoms in total. The Morgan fingerprint density at radius 2 is 2.07 bits per heavy atom. The van der Waals surface area contributed by atoms with Crippen LogP contribution < -0.4 is 11.1 Å². The van der Waals surface area contributed by atoms with Crippen molar-refractivity contribution in [2.75, 3.05) is 0 Å². The SMILES string of the molecule is CC1CCC(NC(=O)[C@H](C)N)C(C)C1. The quantitative estimate of drug-likeness (QED) is 0.702. The minimum Gasteiger partial charge on any atom is -0.352 e. The van der Waals surface area contributed by atoms with Crippen molar-refractivity contribution in [2.24, 2.45) is 17.6 Å². The summed E-state index contributed by atoms with van der Waals surface area (Å²) < 4.78 is 0. The molecule has 14 heavy (non-hydrogen) atoms. The molecule has 1 fully saturated rings. The van der Waals surface area contributed by atoms with Crippen LogP contribution in [-0.4, -0.2) is 18.0 Å². The van der Waals surface area contributed by atoms with Gasteiger partial charge in [0.15, 0.2) is 0 Å². The highest BCUT2D eigenvalue weighted by atomic mass is 16.2. The third-order valence-corrected chi connectivity index (χ3v) is 3.17. The second kappa shape index (κ2) is 4.78. The van der Waals surface area contributed by atoms with Gasteiger partial charge in [-0.3, -0.25) is 4.79 Å². The molecule has 3 unspecified atom stereocenters. The van der Waals surface area contributed by atoms with Crippen LogP contribution in [0.15, 0.2) is 0 Å². The first-order valence-corrected chi connectivity index (χ1v) is 5.56. The van der Waals surface area contributed by atoms with Crippen molar-refractivity contribution in [3.8, 4) is 0 Å². The van der Waals surface area contributed by atoms with Crippen molar-refractivity contribution < 1.29 is 4.79 Å². The van der Waals surface area contributed by atoms with E-state index in [9.17, 15) is 4.79 Å². The molecular formula is C11H22N2O. The van der Waals surface area contributed by atoms with Crippen LogP contribution >= 0.6 is 0 Å². The van der Waals surface area contributed by atoms with Gasteiger partial charge in [0.05, 0.1) is 6.04 Å². The maximum Gasteiger partial charge on any atom is 0.236 e. The fourth-order valence-electron chi connectivity index (χ4n) is 2.19. The van der Waals surface area contributed by atoms with Gasteiger partial charge in [0.1, 0.15) is 0 Å². The molecule has 3 heteroatoms. The first-order valence-electron chi connectivity index (χ1n) is 5.56. The predicted octanol–water partition coefficient (Wildman–Crippen LogP) is 1.27. The van der Waals surface area contributed by atoms with Gasteiger partial charge in [0.2, 0.25) is 5.91 Å². The second-order valence-electron chi connectivity index (χ2n) is 4.80. The van der Waals surface area contributed by atoms with E-state index in [1.807, 2.05) is 0 Å². The van der Waals surface area contributed by atoms with E-state index in [-0.39, 0.29) is 11.9 Å². The van der Waals surface area contributed by atoms with Gasteiger partial charge < -0.3 is 11.1 Å². The molecule has 0 aromatic rings. The molecule has 0 aromatic carbocycles. The van der Waals surface area contributed by atoms with Crippen LogP contribution in [0, 0.1) is 11.8 Å². The van der Waals surface area contributed by atoms with E-state index in [2.05, 4.69) is 19.2 Å². The zero-order valence-electron chi connectivity index (χ0n) is 9.42. The Bertz CT molecular complexity index is 203. The normalized spacial score (nSPS) is 35.0. The first-order chi connectivity index (χ1) is 6.50. The molecule has 4 atom stereocenters. The van der Waals surface area contributed by atoms with E-state index in [0.29, 0.717) is 12.0 Å². The number of nitrogens with one attached hydrogen (secondary N) is 1. The van der Waals surface area contributed by atoms with Gasteiger partial charge in [0.25, 0.3) is 0 Å². The molecule has 1 aliphatic carbocycles. The summed E-state index contributed by atoms with van der Waals surface area (Å²) >= 11 is 0. The summed E-state index contributed by atoms with van der Waals surface area (Å²) in [6.45, 7) is 6.22. The van der Waals surface area contributed by atoms with Crippen molar-refractivity contribution in [1.82, 2.24) is 5.32 Å². The summed E-state index contributed by atoms with van der Waals surface area (Å²) in [6.07, 6.45) is 3.53. The number of hydrogen-bond acceptors (Lipinski definition) is 2. The number of hydrogen-bond donors (Lipinski definition) is 2. The summed E-state index contributed by atoms with van der Waals surface area (Å²) in [7, 11) is 0. The van der Waals surface area contributed by atoms with E-state index < -0.39 is 0 Å². The highest BCUT2D eigenvalue weighted by Crippen LogP contribution is 2.28. The Labute approximate surface area is 86.4 Å². The molecule has 0 heterocycles. The van der Waals surface area contributed by atoms with E-state index in [1.54, 1.807) is 6.92 Å². The van der Waals surface area contributed by atoms with Crippen molar-refractivity contribution >= 4 is 5.91 Å². The number of rotatable bonds is 2. The predicted molar refractivity (Wildman–Crippen MR) is 57.8 cm³/mol. The lowest BCUT2D eigenvalue weighted by Crippen LogP contribution is -2.48. The van der Waals surface area contributed by atoms with Gasteiger partial charge in [0, 0.05) is 6.04 Å².